The topological polar surface area (TPSA) is 58.6 Å². The van der Waals surface area contributed by atoms with Crippen LogP contribution in [0.4, 0.5) is 4.39 Å². The van der Waals surface area contributed by atoms with Crippen LogP contribution in [0.1, 0.15) is 32.3 Å². The Labute approximate surface area is 119 Å². The summed E-state index contributed by atoms with van der Waals surface area (Å²) in [6, 6.07) is 6.33. The highest BCUT2D eigenvalue weighted by atomic mass is 19.1. The second-order valence-electron chi connectivity index (χ2n) is 5.71. The molecule has 4 nitrogen and oxygen atoms in total. The quantitative estimate of drug-likeness (QED) is 0.813. The number of hydrogen-bond donors (Lipinski definition) is 2. The third kappa shape index (κ3) is 5.67. The number of aliphatic hydroxyl groups excluding tert-OH is 1. The molecule has 0 saturated carbocycles. The van der Waals surface area contributed by atoms with Crippen molar-refractivity contribution in [1.82, 2.24) is 5.32 Å². The summed E-state index contributed by atoms with van der Waals surface area (Å²) < 4.78 is 17.1. The van der Waals surface area contributed by atoms with E-state index < -0.39 is 0 Å². The van der Waals surface area contributed by atoms with Crippen LogP contribution in [0.3, 0.4) is 0 Å². The first-order valence-corrected chi connectivity index (χ1v) is 6.59. The maximum Gasteiger partial charge on any atom is 0.293 e. The number of β-amino-alcohol motifs (C(OH)–C–C–N with tert-alkyl or cyclic N) is 1. The number of carbonyl (C=O) groups excluding carboxylic acids is 1. The maximum atomic E-state index is 12.6. The minimum atomic E-state index is -0.342. The van der Waals surface area contributed by atoms with E-state index in [1.807, 2.05) is 20.8 Å². The summed E-state index contributed by atoms with van der Waals surface area (Å²) in [5.41, 5.74) is 0.681. The second kappa shape index (κ2) is 7.36. The van der Waals surface area contributed by atoms with Gasteiger partial charge in [-0.3, -0.25) is 4.79 Å². The predicted octanol–water partition coefficient (Wildman–Crippen LogP) is 1.83. The van der Waals surface area contributed by atoms with E-state index in [9.17, 15) is 14.3 Å². The summed E-state index contributed by atoms with van der Waals surface area (Å²) >= 11 is 0. The van der Waals surface area contributed by atoms with E-state index in [-0.39, 0.29) is 23.4 Å². The van der Waals surface area contributed by atoms with E-state index >= 15 is 0 Å². The zero-order valence-electron chi connectivity index (χ0n) is 12.1. The standard InChI is InChI=1S/C10H12FNO.C5H10O2/c11-8-3-1-7(2-4-8)9-5-12-6-10(9)13;1-5(2,3)7-4-6/h1-4,9-10,12-13H,5-6H2;4H,1-3H3/t9-,10+;/m0./s1. The van der Waals surface area contributed by atoms with E-state index in [1.165, 1.54) is 12.1 Å². The fourth-order valence-corrected chi connectivity index (χ4v) is 1.86. The van der Waals surface area contributed by atoms with Gasteiger partial charge in [-0.1, -0.05) is 12.1 Å². The number of rotatable bonds is 2. The van der Waals surface area contributed by atoms with Crippen LogP contribution >= 0.6 is 0 Å². The average Bonchev–Trinajstić information content (AvgIpc) is 2.76. The van der Waals surface area contributed by atoms with Crippen LogP contribution in [0.2, 0.25) is 0 Å². The third-order valence-corrected chi connectivity index (χ3v) is 2.88. The smallest absolute Gasteiger partial charge is 0.293 e. The summed E-state index contributed by atoms with van der Waals surface area (Å²) in [5.74, 6) is -0.121. The summed E-state index contributed by atoms with van der Waals surface area (Å²) in [4.78, 5) is 9.60. The molecule has 0 spiro atoms. The van der Waals surface area contributed by atoms with Crippen LogP contribution in [-0.4, -0.2) is 36.4 Å². The average molecular weight is 283 g/mol. The van der Waals surface area contributed by atoms with Crippen molar-refractivity contribution < 1.29 is 19.0 Å². The first-order valence-electron chi connectivity index (χ1n) is 6.59. The monoisotopic (exact) mass is 283 g/mol. The summed E-state index contributed by atoms with van der Waals surface area (Å²) in [6.07, 6.45) is -0.342. The molecule has 1 fully saturated rings. The molecule has 1 heterocycles. The van der Waals surface area contributed by atoms with E-state index in [2.05, 4.69) is 10.1 Å². The fourth-order valence-electron chi connectivity index (χ4n) is 1.86. The number of nitrogens with one attached hydrogen (secondary N) is 1. The molecule has 1 aliphatic rings. The van der Waals surface area contributed by atoms with Gasteiger partial charge in [0, 0.05) is 19.0 Å². The third-order valence-electron chi connectivity index (χ3n) is 2.88. The van der Waals surface area contributed by atoms with Crippen molar-refractivity contribution >= 4 is 6.47 Å². The first kappa shape index (κ1) is 16.6. The van der Waals surface area contributed by atoms with E-state index in [1.54, 1.807) is 12.1 Å². The Hall–Kier alpha value is -1.46. The van der Waals surface area contributed by atoms with Gasteiger partial charge in [-0.25, -0.2) is 4.39 Å². The number of ether oxygens (including phenoxy) is 1. The predicted molar refractivity (Wildman–Crippen MR) is 74.9 cm³/mol. The fraction of sp³-hybridized carbons (Fsp3) is 0.533. The van der Waals surface area contributed by atoms with E-state index in [0.29, 0.717) is 13.0 Å². The van der Waals surface area contributed by atoms with Crippen LogP contribution in [-0.2, 0) is 9.53 Å². The van der Waals surface area contributed by atoms with Gasteiger partial charge in [-0.2, -0.15) is 0 Å². The number of carbonyl (C=O) groups is 1. The van der Waals surface area contributed by atoms with Crippen molar-refractivity contribution in [2.75, 3.05) is 13.1 Å². The molecule has 0 radical (unpaired) electrons. The molecule has 2 atom stereocenters. The van der Waals surface area contributed by atoms with Gasteiger partial charge in [0.25, 0.3) is 6.47 Å². The highest BCUT2D eigenvalue weighted by Crippen LogP contribution is 2.22. The van der Waals surface area contributed by atoms with Gasteiger partial charge >= 0.3 is 0 Å². The zero-order chi connectivity index (χ0) is 15.2. The van der Waals surface area contributed by atoms with Gasteiger partial charge < -0.3 is 15.2 Å². The van der Waals surface area contributed by atoms with Crippen molar-refractivity contribution in [3.05, 3.63) is 35.6 Å². The molecular weight excluding hydrogens is 261 g/mol. The molecule has 0 bridgehead atoms. The molecule has 2 rings (SSSR count). The largest absolute Gasteiger partial charge is 0.462 e. The molecule has 0 amide bonds. The summed E-state index contributed by atoms with van der Waals surface area (Å²) in [7, 11) is 0. The maximum absolute atomic E-state index is 12.6. The number of hydrogen-bond acceptors (Lipinski definition) is 4. The lowest BCUT2D eigenvalue weighted by Gasteiger charge is -2.14. The SMILES string of the molecule is CC(C)(C)OC=O.O[C@@H]1CNC[C@H]1c1ccc(F)cc1. The Kier molecular flexibility index (Phi) is 6.10. The van der Waals surface area contributed by atoms with Crippen LogP contribution in [0, 0.1) is 5.82 Å². The minimum absolute atomic E-state index is 0.112. The molecule has 1 aromatic rings. The van der Waals surface area contributed by atoms with Crippen molar-refractivity contribution in [2.24, 2.45) is 0 Å². The van der Waals surface area contributed by atoms with Crippen molar-refractivity contribution in [3.8, 4) is 0 Å². The minimum Gasteiger partial charge on any atom is -0.462 e. The van der Waals surface area contributed by atoms with Crippen molar-refractivity contribution in [1.29, 1.82) is 0 Å². The highest BCUT2D eigenvalue weighted by molar-refractivity contribution is 5.37. The van der Waals surface area contributed by atoms with Crippen LogP contribution < -0.4 is 5.32 Å². The molecule has 0 aromatic heterocycles. The summed E-state index contributed by atoms with van der Waals surface area (Å²) in [5, 5.41) is 12.6. The van der Waals surface area contributed by atoms with Gasteiger partial charge in [0.15, 0.2) is 0 Å². The number of aliphatic hydroxyl groups is 1. The van der Waals surface area contributed by atoms with Gasteiger partial charge in [-0.15, -0.1) is 0 Å². The molecule has 20 heavy (non-hydrogen) atoms. The lowest BCUT2D eigenvalue weighted by atomic mass is 9.96. The van der Waals surface area contributed by atoms with E-state index in [0.717, 1.165) is 12.1 Å². The Morgan fingerprint density at radius 2 is 1.90 bits per heavy atom. The molecule has 1 saturated heterocycles. The molecule has 2 N–H and O–H groups in total. The van der Waals surface area contributed by atoms with E-state index in [4.69, 9.17) is 0 Å². The first-order chi connectivity index (χ1) is 9.33. The van der Waals surface area contributed by atoms with Gasteiger partial charge in [0.2, 0.25) is 0 Å². The Morgan fingerprint density at radius 1 is 1.30 bits per heavy atom. The molecule has 1 aliphatic heterocycles. The highest BCUT2D eigenvalue weighted by Gasteiger charge is 2.25. The second-order valence-corrected chi connectivity index (χ2v) is 5.71. The normalized spacial score (nSPS) is 21.9. The molecule has 5 heteroatoms. The van der Waals surface area contributed by atoms with Crippen molar-refractivity contribution in [2.45, 2.75) is 38.4 Å². The molecule has 0 unspecified atom stereocenters. The number of benzene rings is 1. The molecule has 112 valence electrons. The molecule has 1 aromatic carbocycles. The Bertz CT molecular complexity index is 414. The lowest BCUT2D eigenvalue weighted by molar-refractivity contribution is -0.138. The van der Waals surface area contributed by atoms with Crippen LogP contribution in [0.25, 0.3) is 0 Å². The zero-order valence-corrected chi connectivity index (χ0v) is 12.1. The molecule has 0 aliphatic carbocycles. The lowest BCUT2D eigenvalue weighted by Crippen LogP contribution is -2.17. The Morgan fingerprint density at radius 3 is 2.25 bits per heavy atom. The van der Waals surface area contributed by atoms with Crippen LogP contribution in [0.15, 0.2) is 24.3 Å². The van der Waals surface area contributed by atoms with Gasteiger partial charge in [-0.05, 0) is 38.5 Å². The molecular formula is C15H22FNO3. The van der Waals surface area contributed by atoms with Crippen LogP contribution in [0.5, 0.6) is 0 Å². The Balaban J connectivity index is 0.000000246. The van der Waals surface area contributed by atoms with Gasteiger partial charge in [0.1, 0.15) is 11.4 Å². The number of halogens is 1. The van der Waals surface area contributed by atoms with Gasteiger partial charge in [0.05, 0.1) is 6.10 Å². The summed E-state index contributed by atoms with van der Waals surface area (Å²) in [6.45, 7) is 7.32. The van der Waals surface area contributed by atoms with Crippen molar-refractivity contribution in [3.63, 3.8) is 0 Å².